The summed E-state index contributed by atoms with van der Waals surface area (Å²) in [6, 6.07) is 5.49. The quantitative estimate of drug-likeness (QED) is 0.826. The first kappa shape index (κ1) is 12.9. The molecule has 0 spiro atoms. The summed E-state index contributed by atoms with van der Waals surface area (Å²) in [4.78, 5) is 22.9. The molecule has 1 aromatic carbocycles. The minimum atomic E-state index is -0.220. The van der Waals surface area contributed by atoms with Crippen LogP contribution >= 0.6 is 11.6 Å². The fourth-order valence-corrected chi connectivity index (χ4v) is 1.94. The SMILES string of the molecule is CC(CCl)C(=O)Nc1ccc2c(c1)CCC(=O)N2. The van der Waals surface area contributed by atoms with Crippen molar-refractivity contribution in [2.45, 2.75) is 19.8 Å². The van der Waals surface area contributed by atoms with E-state index in [9.17, 15) is 9.59 Å². The van der Waals surface area contributed by atoms with Crippen molar-refractivity contribution in [2.24, 2.45) is 5.92 Å². The van der Waals surface area contributed by atoms with Gasteiger partial charge in [0.05, 0.1) is 0 Å². The molecule has 4 nitrogen and oxygen atoms in total. The molecule has 1 unspecified atom stereocenters. The van der Waals surface area contributed by atoms with Gasteiger partial charge in [0.15, 0.2) is 0 Å². The average molecular weight is 267 g/mol. The Morgan fingerprint density at radius 1 is 1.50 bits per heavy atom. The number of anilines is 2. The minimum absolute atomic E-state index is 0.0371. The molecule has 0 saturated heterocycles. The van der Waals surface area contributed by atoms with E-state index in [4.69, 9.17) is 11.6 Å². The lowest BCUT2D eigenvalue weighted by Gasteiger charge is -2.18. The second kappa shape index (κ2) is 5.40. The van der Waals surface area contributed by atoms with Crippen LogP contribution in [0.3, 0.4) is 0 Å². The van der Waals surface area contributed by atoms with Gasteiger partial charge in [0, 0.05) is 29.6 Å². The lowest BCUT2D eigenvalue weighted by atomic mass is 10.0. The Morgan fingerprint density at radius 2 is 2.28 bits per heavy atom. The van der Waals surface area contributed by atoms with Crippen molar-refractivity contribution in [1.82, 2.24) is 0 Å². The molecule has 1 heterocycles. The molecule has 18 heavy (non-hydrogen) atoms. The van der Waals surface area contributed by atoms with E-state index in [0.29, 0.717) is 18.7 Å². The second-order valence-electron chi connectivity index (χ2n) is 4.46. The van der Waals surface area contributed by atoms with Gasteiger partial charge in [-0.1, -0.05) is 6.92 Å². The lowest BCUT2D eigenvalue weighted by Crippen LogP contribution is -2.22. The third kappa shape index (κ3) is 2.82. The van der Waals surface area contributed by atoms with Crippen LogP contribution in [0.2, 0.25) is 0 Å². The number of nitrogens with one attached hydrogen (secondary N) is 2. The molecule has 5 heteroatoms. The van der Waals surface area contributed by atoms with E-state index in [1.807, 2.05) is 12.1 Å². The van der Waals surface area contributed by atoms with Gasteiger partial charge in [-0.05, 0) is 30.2 Å². The Kier molecular flexibility index (Phi) is 3.87. The predicted octanol–water partition coefficient (Wildman–Crippen LogP) is 2.38. The number of benzene rings is 1. The molecule has 0 bridgehead atoms. The molecule has 1 atom stereocenters. The third-order valence-electron chi connectivity index (χ3n) is 2.95. The van der Waals surface area contributed by atoms with Crippen LogP contribution in [-0.2, 0) is 16.0 Å². The maximum absolute atomic E-state index is 11.7. The van der Waals surface area contributed by atoms with Gasteiger partial charge in [0.2, 0.25) is 11.8 Å². The van der Waals surface area contributed by atoms with Gasteiger partial charge in [0.1, 0.15) is 0 Å². The van der Waals surface area contributed by atoms with Gasteiger partial charge < -0.3 is 10.6 Å². The molecule has 1 aromatic rings. The standard InChI is InChI=1S/C13H15ClN2O2/c1-8(7-14)13(18)15-10-3-4-11-9(6-10)2-5-12(17)16-11/h3-4,6,8H,2,5,7H2,1H3,(H,15,18)(H,16,17). The molecule has 0 aliphatic carbocycles. The van der Waals surface area contributed by atoms with Crippen molar-refractivity contribution in [1.29, 1.82) is 0 Å². The van der Waals surface area contributed by atoms with Gasteiger partial charge in [-0.3, -0.25) is 9.59 Å². The van der Waals surface area contributed by atoms with Crippen LogP contribution in [0.5, 0.6) is 0 Å². The van der Waals surface area contributed by atoms with E-state index >= 15 is 0 Å². The maximum Gasteiger partial charge on any atom is 0.228 e. The van der Waals surface area contributed by atoms with E-state index in [-0.39, 0.29) is 17.7 Å². The van der Waals surface area contributed by atoms with Crippen molar-refractivity contribution in [3.8, 4) is 0 Å². The van der Waals surface area contributed by atoms with Crippen LogP contribution in [0.15, 0.2) is 18.2 Å². The molecule has 0 fully saturated rings. The summed E-state index contributed by atoms with van der Waals surface area (Å²) < 4.78 is 0. The molecule has 2 N–H and O–H groups in total. The zero-order valence-corrected chi connectivity index (χ0v) is 10.9. The molecule has 0 radical (unpaired) electrons. The molecular weight excluding hydrogens is 252 g/mol. The van der Waals surface area contributed by atoms with Crippen LogP contribution in [-0.4, -0.2) is 17.7 Å². The summed E-state index contributed by atoms with van der Waals surface area (Å²) >= 11 is 5.64. The summed E-state index contributed by atoms with van der Waals surface area (Å²) in [5.41, 5.74) is 2.62. The summed E-state index contributed by atoms with van der Waals surface area (Å²) in [7, 11) is 0. The van der Waals surface area contributed by atoms with Gasteiger partial charge in [-0.15, -0.1) is 11.6 Å². The minimum Gasteiger partial charge on any atom is -0.326 e. The smallest absolute Gasteiger partial charge is 0.228 e. The molecule has 0 aromatic heterocycles. The van der Waals surface area contributed by atoms with Crippen molar-refractivity contribution in [3.05, 3.63) is 23.8 Å². The number of carbonyl (C=O) groups is 2. The summed E-state index contributed by atoms with van der Waals surface area (Å²) in [5.74, 6) is 0.0227. The molecule has 0 saturated carbocycles. The van der Waals surface area contributed by atoms with Crippen molar-refractivity contribution in [3.63, 3.8) is 0 Å². The number of aryl methyl sites for hydroxylation is 1. The number of alkyl halides is 1. The van der Waals surface area contributed by atoms with Gasteiger partial charge in [-0.2, -0.15) is 0 Å². The first-order valence-electron chi connectivity index (χ1n) is 5.89. The first-order chi connectivity index (χ1) is 8.60. The zero-order chi connectivity index (χ0) is 13.1. The Morgan fingerprint density at radius 3 is 3.00 bits per heavy atom. The molecule has 1 aliphatic heterocycles. The largest absolute Gasteiger partial charge is 0.326 e. The lowest BCUT2D eigenvalue weighted by molar-refractivity contribution is -0.119. The number of hydrogen-bond donors (Lipinski definition) is 2. The highest BCUT2D eigenvalue weighted by molar-refractivity contribution is 6.19. The summed E-state index contributed by atoms with van der Waals surface area (Å²) in [6.45, 7) is 1.78. The fourth-order valence-electron chi connectivity index (χ4n) is 1.80. The number of halogens is 1. The van der Waals surface area contributed by atoms with Crippen LogP contribution in [0.4, 0.5) is 11.4 Å². The molecule has 2 rings (SSSR count). The normalized spacial score (nSPS) is 15.6. The van der Waals surface area contributed by atoms with Gasteiger partial charge >= 0.3 is 0 Å². The van der Waals surface area contributed by atoms with Crippen molar-refractivity contribution >= 4 is 34.8 Å². The highest BCUT2D eigenvalue weighted by Crippen LogP contribution is 2.25. The van der Waals surface area contributed by atoms with E-state index in [0.717, 1.165) is 16.9 Å². The van der Waals surface area contributed by atoms with Crippen LogP contribution in [0.1, 0.15) is 18.9 Å². The maximum atomic E-state index is 11.7. The van der Waals surface area contributed by atoms with Gasteiger partial charge in [0.25, 0.3) is 0 Å². The number of rotatable bonds is 3. The average Bonchev–Trinajstić information content (AvgIpc) is 2.38. The molecular formula is C13H15ClN2O2. The van der Waals surface area contributed by atoms with Crippen molar-refractivity contribution < 1.29 is 9.59 Å². The second-order valence-corrected chi connectivity index (χ2v) is 4.77. The number of hydrogen-bond acceptors (Lipinski definition) is 2. The monoisotopic (exact) mass is 266 g/mol. The van der Waals surface area contributed by atoms with E-state index in [1.54, 1.807) is 13.0 Å². The fraction of sp³-hybridized carbons (Fsp3) is 0.385. The first-order valence-corrected chi connectivity index (χ1v) is 6.43. The Bertz CT molecular complexity index is 488. The summed E-state index contributed by atoms with van der Waals surface area (Å²) in [5, 5.41) is 5.62. The molecule has 1 aliphatic rings. The number of fused-ring (bicyclic) bond motifs is 1. The number of carbonyl (C=O) groups excluding carboxylic acids is 2. The van der Waals surface area contributed by atoms with E-state index in [2.05, 4.69) is 10.6 Å². The Hall–Kier alpha value is -1.55. The summed E-state index contributed by atoms with van der Waals surface area (Å²) in [6.07, 6.45) is 1.19. The topological polar surface area (TPSA) is 58.2 Å². The molecule has 96 valence electrons. The van der Waals surface area contributed by atoms with Crippen molar-refractivity contribution in [2.75, 3.05) is 16.5 Å². The van der Waals surface area contributed by atoms with Crippen LogP contribution in [0, 0.1) is 5.92 Å². The Balaban J connectivity index is 2.12. The Labute approximate surface area is 111 Å². The van der Waals surface area contributed by atoms with Crippen LogP contribution in [0.25, 0.3) is 0 Å². The highest BCUT2D eigenvalue weighted by atomic mass is 35.5. The van der Waals surface area contributed by atoms with Gasteiger partial charge in [-0.25, -0.2) is 0 Å². The zero-order valence-electron chi connectivity index (χ0n) is 10.1. The van der Waals surface area contributed by atoms with E-state index in [1.165, 1.54) is 0 Å². The third-order valence-corrected chi connectivity index (χ3v) is 3.41. The predicted molar refractivity (Wildman–Crippen MR) is 71.9 cm³/mol. The number of amides is 2. The highest BCUT2D eigenvalue weighted by Gasteiger charge is 2.16. The van der Waals surface area contributed by atoms with E-state index < -0.39 is 0 Å². The molecule has 2 amide bonds. The van der Waals surface area contributed by atoms with Crippen LogP contribution < -0.4 is 10.6 Å².